The lowest BCUT2D eigenvalue weighted by Crippen LogP contribution is -2.54. The zero-order valence-electron chi connectivity index (χ0n) is 15.4. The normalized spacial score (nSPS) is 15.7. The van der Waals surface area contributed by atoms with Gasteiger partial charge in [-0.2, -0.15) is 0 Å². The summed E-state index contributed by atoms with van der Waals surface area (Å²) in [5.74, 6) is -1.84. The molecule has 0 bridgehead atoms. The lowest BCUT2D eigenvalue weighted by atomic mass is 10.1. The Hall–Kier alpha value is -4.00. The fraction of sp³-hybridized carbons (Fsp3) is 0.0455. The summed E-state index contributed by atoms with van der Waals surface area (Å²) >= 11 is 0. The topological polar surface area (TPSA) is 71.4 Å². The fourth-order valence-electron chi connectivity index (χ4n) is 3.19. The Balaban J connectivity index is 1.76. The molecule has 1 aliphatic rings. The van der Waals surface area contributed by atoms with Crippen molar-refractivity contribution in [3.05, 3.63) is 89.5 Å². The van der Waals surface area contributed by atoms with E-state index in [-0.39, 0.29) is 11.4 Å². The maximum Gasteiger partial charge on any atom is 0.335 e. The van der Waals surface area contributed by atoms with Crippen molar-refractivity contribution in [2.45, 2.75) is 6.92 Å². The molecule has 4 rings (SSSR count). The lowest BCUT2D eigenvalue weighted by Gasteiger charge is -2.27. The first-order chi connectivity index (χ1) is 14.0. The van der Waals surface area contributed by atoms with E-state index in [2.05, 4.69) is 5.32 Å². The van der Waals surface area contributed by atoms with Gasteiger partial charge in [0, 0.05) is 17.6 Å². The average molecular weight is 389 g/mol. The minimum atomic E-state index is -0.791. The first-order valence-corrected chi connectivity index (χ1v) is 8.86. The second-order valence-corrected chi connectivity index (χ2v) is 6.52. The molecule has 0 radical (unpaired) electrons. The number of aryl methyl sites for hydroxylation is 1. The van der Waals surface area contributed by atoms with Crippen LogP contribution < -0.4 is 10.2 Å². The summed E-state index contributed by atoms with van der Waals surface area (Å²) < 4.78 is 14.9. The summed E-state index contributed by atoms with van der Waals surface area (Å²) in [5, 5.41) is 2.21. The Labute approximate surface area is 165 Å². The van der Waals surface area contributed by atoms with Gasteiger partial charge in [-0.3, -0.25) is 14.9 Å². The number of carbonyl (C=O) groups is 3. The molecule has 2 heterocycles. The van der Waals surface area contributed by atoms with Gasteiger partial charge in [-0.25, -0.2) is 14.1 Å². The number of barbiturate groups is 1. The van der Waals surface area contributed by atoms with Crippen molar-refractivity contribution in [1.29, 1.82) is 0 Å². The van der Waals surface area contributed by atoms with Crippen LogP contribution in [0.3, 0.4) is 0 Å². The predicted octanol–water partition coefficient (Wildman–Crippen LogP) is 3.59. The minimum absolute atomic E-state index is 0.171. The SMILES string of the molecule is Cc1ccccc1N1C(=O)NC(=O)/C(=C/c2cccn2-c2ccc(F)cc2)C1=O. The summed E-state index contributed by atoms with van der Waals surface area (Å²) in [7, 11) is 0. The molecule has 144 valence electrons. The first kappa shape index (κ1) is 18.4. The molecule has 1 aliphatic heterocycles. The number of para-hydroxylation sites is 1. The number of benzene rings is 2. The molecule has 0 spiro atoms. The summed E-state index contributed by atoms with van der Waals surface area (Å²) in [6.07, 6.45) is 3.15. The Morgan fingerprint density at radius 3 is 2.38 bits per heavy atom. The molecule has 1 fully saturated rings. The molecule has 0 aliphatic carbocycles. The van der Waals surface area contributed by atoms with Gasteiger partial charge in [0.15, 0.2) is 0 Å². The van der Waals surface area contributed by atoms with E-state index in [1.165, 1.54) is 18.2 Å². The predicted molar refractivity (Wildman–Crippen MR) is 106 cm³/mol. The average Bonchev–Trinajstić information content (AvgIpc) is 3.15. The zero-order chi connectivity index (χ0) is 20.5. The Morgan fingerprint density at radius 2 is 1.66 bits per heavy atom. The third kappa shape index (κ3) is 3.34. The number of nitrogens with zero attached hydrogens (tertiary/aromatic N) is 2. The smallest absolute Gasteiger partial charge is 0.317 e. The highest BCUT2D eigenvalue weighted by Gasteiger charge is 2.37. The van der Waals surface area contributed by atoms with E-state index in [0.29, 0.717) is 17.1 Å². The van der Waals surface area contributed by atoms with Crippen LogP contribution in [0.15, 0.2) is 72.4 Å². The van der Waals surface area contributed by atoms with Gasteiger partial charge >= 0.3 is 6.03 Å². The monoisotopic (exact) mass is 389 g/mol. The number of nitrogens with one attached hydrogen (secondary N) is 1. The van der Waals surface area contributed by atoms with Crippen LogP contribution >= 0.6 is 0 Å². The van der Waals surface area contributed by atoms with Crippen LogP contribution in [-0.2, 0) is 9.59 Å². The molecule has 0 unspecified atom stereocenters. The van der Waals surface area contributed by atoms with Gasteiger partial charge in [0.2, 0.25) is 0 Å². The molecular weight excluding hydrogens is 373 g/mol. The van der Waals surface area contributed by atoms with Crippen LogP contribution in [0.4, 0.5) is 14.9 Å². The summed E-state index contributed by atoms with van der Waals surface area (Å²) in [6, 6.07) is 15.4. The number of urea groups is 1. The van der Waals surface area contributed by atoms with E-state index in [9.17, 15) is 18.8 Å². The quantitative estimate of drug-likeness (QED) is 0.550. The number of carbonyl (C=O) groups excluding carboxylic acids is 3. The van der Waals surface area contributed by atoms with Crippen LogP contribution in [0.25, 0.3) is 11.8 Å². The molecule has 4 amide bonds. The van der Waals surface area contributed by atoms with Gasteiger partial charge in [-0.05, 0) is 61.0 Å². The van der Waals surface area contributed by atoms with E-state index in [0.717, 1.165) is 10.5 Å². The number of rotatable bonds is 3. The summed E-state index contributed by atoms with van der Waals surface area (Å²) in [6.45, 7) is 1.77. The van der Waals surface area contributed by atoms with Crippen LogP contribution in [0.1, 0.15) is 11.3 Å². The largest absolute Gasteiger partial charge is 0.335 e. The van der Waals surface area contributed by atoms with Gasteiger partial charge in [0.25, 0.3) is 11.8 Å². The Bertz CT molecular complexity index is 1160. The van der Waals surface area contributed by atoms with Crippen molar-refractivity contribution in [2.75, 3.05) is 4.90 Å². The molecule has 0 atom stereocenters. The van der Waals surface area contributed by atoms with Gasteiger partial charge < -0.3 is 4.57 Å². The van der Waals surface area contributed by atoms with E-state index in [4.69, 9.17) is 0 Å². The van der Waals surface area contributed by atoms with E-state index in [1.54, 1.807) is 66.2 Å². The lowest BCUT2D eigenvalue weighted by molar-refractivity contribution is -0.122. The highest BCUT2D eigenvalue weighted by molar-refractivity contribution is 6.39. The molecular formula is C22H16FN3O3. The van der Waals surface area contributed by atoms with Gasteiger partial charge in [0.1, 0.15) is 11.4 Å². The fourth-order valence-corrected chi connectivity index (χ4v) is 3.19. The molecule has 6 nitrogen and oxygen atoms in total. The number of aromatic nitrogens is 1. The maximum absolute atomic E-state index is 13.2. The van der Waals surface area contributed by atoms with Crippen molar-refractivity contribution in [2.24, 2.45) is 0 Å². The molecule has 0 saturated carbocycles. The van der Waals surface area contributed by atoms with Crippen LogP contribution in [0.5, 0.6) is 0 Å². The zero-order valence-corrected chi connectivity index (χ0v) is 15.4. The number of imide groups is 2. The first-order valence-electron chi connectivity index (χ1n) is 8.86. The van der Waals surface area contributed by atoms with E-state index < -0.39 is 17.8 Å². The van der Waals surface area contributed by atoms with Crippen molar-refractivity contribution in [3.63, 3.8) is 0 Å². The molecule has 1 saturated heterocycles. The van der Waals surface area contributed by atoms with Crippen molar-refractivity contribution in [1.82, 2.24) is 9.88 Å². The minimum Gasteiger partial charge on any atom is -0.317 e. The highest BCUT2D eigenvalue weighted by Crippen LogP contribution is 2.25. The Morgan fingerprint density at radius 1 is 0.931 bits per heavy atom. The van der Waals surface area contributed by atoms with Gasteiger partial charge in [-0.1, -0.05) is 18.2 Å². The number of hydrogen-bond donors (Lipinski definition) is 1. The number of amides is 4. The highest BCUT2D eigenvalue weighted by atomic mass is 19.1. The third-order valence-corrected chi connectivity index (χ3v) is 4.64. The molecule has 1 N–H and O–H groups in total. The Kier molecular flexibility index (Phi) is 4.56. The van der Waals surface area contributed by atoms with Crippen LogP contribution in [-0.4, -0.2) is 22.4 Å². The molecule has 29 heavy (non-hydrogen) atoms. The van der Waals surface area contributed by atoms with E-state index in [1.807, 2.05) is 0 Å². The molecule has 2 aromatic carbocycles. The second kappa shape index (κ2) is 7.20. The van der Waals surface area contributed by atoms with Crippen LogP contribution in [0, 0.1) is 12.7 Å². The van der Waals surface area contributed by atoms with Gasteiger partial charge in [-0.15, -0.1) is 0 Å². The number of hydrogen-bond acceptors (Lipinski definition) is 3. The van der Waals surface area contributed by atoms with E-state index >= 15 is 0 Å². The second-order valence-electron chi connectivity index (χ2n) is 6.52. The van der Waals surface area contributed by atoms with Crippen molar-refractivity contribution < 1.29 is 18.8 Å². The van der Waals surface area contributed by atoms with Crippen molar-refractivity contribution in [3.8, 4) is 5.69 Å². The summed E-state index contributed by atoms with van der Waals surface area (Å²) in [4.78, 5) is 38.7. The third-order valence-electron chi connectivity index (χ3n) is 4.64. The summed E-state index contributed by atoms with van der Waals surface area (Å²) in [5.41, 5.74) is 2.16. The van der Waals surface area contributed by atoms with Gasteiger partial charge in [0.05, 0.1) is 5.69 Å². The van der Waals surface area contributed by atoms with Crippen molar-refractivity contribution >= 4 is 29.6 Å². The number of anilines is 1. The molecule has 1 aromatic heterocycles. The number of halogens is 1. The standard InChI is InChI=1S/C22H16FN3O3/c1-14-5-2-3-7-19(14)26-21(28)18(20(27)24-22(26)29)13-17-6-4-12-25(17)16-10-8-15(23)9-11-16/h2-13H,1H3,(H,24,27,29)/b18-13-. The maximum atomic E-state index is 13.2. The van der Waals surface area contributed by atoms with Crippen LogP contribution in [0.2, 0.25) is 0 Å². The molecule has 3 aromatic rings. The molecule has 7 heteroatoms.